The molecule has 1 fully saturated rings. The molecule has 13 heavy (non-hydrogen) atoms. The number of hydrogen-bond acceptors (Lipinski definition) is 3. The Morgan fingerprint density at radius 3 is 2.38 bits per heavy atom. The first-order valence-electron chi connectivity index (χ1n) is 4.45. The van der Waals surface area contributed by atoms with Gasteiger partial charge in [-0.1, -0.05) is 0 Å². The van der Waals surface area contributed by atoms with E-state index in [0.29, 0.717) is 0 Å². The van der Waals surface area contributed by atoms with Crippen LogP contribution in [0.2, 0.25) is 0 Å². The van der Waals surface area contributed by atoms with Gasteiger partial charge in [0, 0.05) is 20.1 Å². The summed E-state index contributed by atoms with van der Waals surface area (Å²) < 4.78 is 26.5. The zero-order valence-corrected chi connectivity index (χ0v) is 8.89. The van der Waals surface area contributed by atoms with E-state index >= 15 is 0 Å². The second-order valence-electron chi connectivity index (χ2n) is 3.21. The van der Waals surface area contributed by atoms with Gasteiger partial charge >= 0.3 is 0 Å². The van der Waals surface area contributed by atoms with Crippen LogP contribution in [0.5, 0.6) is 0 Å². The number of nitrogens with one attached hydrogen (secondary N) is 2. The highest BCUT2D eigenvalue weighted by molar-refractivity contribution is 7.87. The van der Waals surface area contributed by atoms with Gasteiger partial charge in [-0.25, -0.2) is 4.72 Å². The van der Waals surface area contributed by atoms with Crippen LogP contribution in [0.1, 0.15) is 12.8 Å². The van der Waals surface area contributed by atoms with Gasteiger partial charge in [-0.2, -0.15) is 12.7 Å². The minimum absolute atomic E-state index is 0.138. The fourth-order valence-electron chi connectivity index (χ4n) is 1.51. The molecule has 0 unspecified atom stereocenters. The first kappa shape index (κ1) is 10.9. The molecule has 78 valence electrons. The van der Waals surface area contributed by atoms with E-state index in [1.54, 1.807) is 7.05 Å². The van der Waals surface area contributed by atoms with Gasteiger partial charge in [0.15, 0.2) is 0 Å². The summed E-state index contributed by atoms with van der Waals surface area (Å²) in [7, 11) is -0.178. The Morgan fingerprint density at radius 2 is 1.92 bits per heavy atom. The van der Waals surface area contributed by atoms with Crippen LogP contribution in [0, 0.1) is 0 Å². The molecular weight excluding hydrogens is 190 g/mol. The molecular formula is C7H17N3O2S. The SMILES string of the molecule is CNS(=O)(=O)N(C)C1CCNCC1. The van der Waals surface area contributed by atoms with E-state index in [0.717, 1.165) is 25.9 Å². The highest BCUT2D eigenvalue weighted by Gasteiger charge is 2.25. The zero-order chi connectivity index (χ0) is 9.90. The summed E-state index contributed by atoms with van der Waals surface area (Å²) in [4.78, 5) is 0. The summed E-state index contributed by atoms with van der Waals surface area (Å²) in [5, 5.41) is 3.20. The van der Waals surface area contributed by atoms with Crippen molar-refractivity contribution in [3.05, 3.63) is 0 Å². The third kappa shape index (κ3) is 2.63. The van der Waals surface area contributed by atoms with Gasteiger partial charge in [-0.3, -0.25) is 0 Å². The highest BCUT2D eigenvalue weighted by Crippen LogP contribution is 2.12. The van der Waals surface area contributed by atoms with Gasteiger partial charge in [0.05, 0.1) is 0 Å². The van der Waals surface area contributed by atoms with Crippen LogP contribution in [0.3, 0.4) is 0 Å². The Bertz CT molecular complexity index is 246. The smallest absolute Gasteiger partial charge is 0.279 e. The van der Waals surface area contributed by atoms with E-state index < -0.39 is 10.2 Å². The third-order valence-electron chi connectivity index (χ3n) is 2.46. The molecule has 1 aliphatic rings. The summed E-state index contributed by atoms with van der Waals surface area (Å²) in [6.45, 7) is 1.79. The van der Waals surface area contributed by atoms with Gasteiger partial charge in [-0.15, -0.1) is 0 Å². The Balaban J connectivity index is 2.60. The molecule has 0 saturated carbocycles. The Kier molecular flexibility index (Phi) is 3.66. The van der Waals surface area contributed by atoms with Crippen molar-refractivity contribution in [2.24, 2.45) is 0 Å². The molecule has 0 bridgehead atoms. The van der Waals surface area contributed by atoms with Gasteiger partial charge in [0.1, 0.15) is 0 Å². The lowest BCUT2D eigenvalue weighted by atomic mass is 10.1. The highest BCUT2D eigenvalue weighted by atomic mass is 32.2. The van der Waals surface area contributed by atoms with Crippen molar-refractivity contribution < 1.29 is 8.42 Å². The summed E-state index contributed by atoms with van der Waals surface area (Å²) in [6.07, 6.45) is 1.77. The second-order valence-corrected chi connectivity index (χ2v) is 5.14. The summed E-state index contributed by atoms with van der Waals surface area (Å²) in [5.74, 6) is 0. The van der Waals surface area contributed by atoms with Crippen molar-refractivity contribution >= 4 is 10.2 Å². The molecule has 1 heterocycles. The van der Waals surface area contributed by atoms with Crippen molar-refractivity contribution in [2.45, 2.75) is 18.9 Å². The van der Waals surface area contributed by atoms with Gasteiger partial charge < -0.3 is 5.32 Å². The fraction of sp³-hybridized carbons (Fsp3) is 1.00. The molecule has 0 amide bonds. The number of piperidine rings is 1. The maximum absolute atomic E-state index is 11.4. The maximum Gasteiger partial charge on any atom is 0.279 e. The van der Waals surface area contributed by atoms with Crippen LogP contribution in [0.25, 0.3) is 0 Å². The van der Waals surface area contributed by atoms with Crippen molar-refractivity contribution in [3.63, 3.8) is 0 Å². The fourth-order valence-corrected chi connectivity index (χ4v) is 2.40. The zero-order valence-electron chi connectivity index (χ0n) is 8.08. The van der Waals surface area contributed by atoms with Crippen molar-refractivity contribution in [2.75, 3.05) is 27.2 Å². The van der Waals surface area contributed by atoms with E-state index in [4.69, 9.17) is 0 Å². The Hall–Kier alpha value is -0.170. The van der Waals surface area contributed by atoms with E-state index in [9.17, 15) is 8.42 Å². The molecule has 0 atom stereocenters. The molecule has 5 nitrogen and oxygen atoms in total. The van der Waals surface area contributed by atoms with Gasteiger partial charge in [-0.05, 0) is 25.9 Å². The van der Waals surface area contributed by atoms with Crippen LogP contribution in [0.4, 0.5) is 0 Å². The molecule has 1 saturated heterocycles. The van der Waals surface area contributed by atoms with Gasteiger partial charge in [0.25, 0.3) is 10.2 Å². The third-order valence-corrected chi connectivity index (χ3v) is 4.03. The van der Waals surface area contributed by atoms with Crippen LogP contribution >= 0.6 is 0 Å². The number of hydrogen-bond donors (Lipinski definition) is 2. The summed E-state index contributed by atoms with van der Waals surface area (Å²) in [6, 6.07) is 0.138. The monoisotopic (exact) mass is 207 g/mol. The molecule has 2 N–H and O–H groups in total. The standard InChI is InChI=1S/C7H17N3O2S/c1-8-13(11,12)10(2)7-3-5-9-6-4-7/h7-9H,3-6H2,1-2H3. The predicted octanol–water partition coefficient (Wildman–Crippen LogP) is -0.866. The first-order valence-corrected chi connectivity index (χ1v) is 5.89. The van der Waals surface area contributed by atoms with Crippen LogP contribution in [-0.2, 0) is 10.2 Å². The average molecular weight is 207 g/mol. The van der Waals surface area contributed by atoms with E-state index in [1.165, 1.54) is 11.4 Å². The molecule has 0 radical (unpaired) electrons. The second kappa shape index (κ2) is 4.36. The Labute approximate surface area is 79.7 Å². The van der Waals surface area contributed by atoms with Crippen LogP contribution < -0.4 is 10.0 Å². The molecule has 6 heteroatoms. The normalized spacial score (nSPS) is 20.8. The average Bonchev–Trinajstić information content (AvgIpc) is 2.18. The largest absolute Gasteiger partial charge is 0.317 e. The molecule has 0 aromatic heterocycles. The van der Waals surface area contributed by atoms with E-state index in [2.05, 4.69) is 10.0 Å². The van der Waals surface area contributed by atoms with Crippen LogP contribution in [0.15, 0.2) is 0 Å². The predicted molar refractivity (Wildman–Crippen MR) is 51.6 cm³/mol. The molecule has 0 spiro atoms. The lowest BCUT2D eigenvalue weighted by molar-refractivity contribution is 0.294. The first-order chi connectivity index (χ1) is 6.08. The molecule has 1 aliphatic heterocycles. The maximum atomic E-state index is 11.4. The summed E-state index contributed by atoms with van der Waals surface area (Å²) in [5.41, 5.74) is 0. The van der Waals surface area contributed by atoms with Gasteiger partial charge in [0.2, 0.25) is 0 Å². The molecule has 1 rings (SSSR count). The molecule has 0 aromatic rings. The topological polar surface area (TPSA) is 61.4 Å². The van der Waals surface area contributed by atoms with Crippen LogP contribution in [-0.4, -0.2) is 45.9 Å². The van der Waals surface area contributed by atoms with Crippen molar-refractivity contribution in [3.8, 4) is 0 Å². The minimum atomic E-state index is -3.24. The number of nitrogens with zero attached hydrogens (tertiary/aromatic N) is 1. The van der Waals surface area contributed by atoms with E-state index in [-0.39, 0.29) is 6.04 Å². The van der Waals surface area contributed by atoms with Crippen molar-refractivity contribution in [1.29, 1.82) is 0 Å². The summed E-state index contributed by atoms with van der Waals surface area (Å²) >= 11 is 0. The Morgan fingerprint density at radius 1 is 1.38 bits per heavy atom. The molecule has 0 aromatic carbocycles. The minimum Gasteiger partial charge on any atom is -0.317 e. The van der Waals surface area contributed by atoms with E-state index in [1.807, 2.05) is 0 Å². The lowest BCUT2D eigenvalue weighted by Gasteiger charge is -2.30. The number of rotatable bonds is 3. The molecule has 0 aliphatic carbocycles. The lowest BCUT2D eigenvalue weighted by Crippen LogP contribution is -2.47. The quantitative estimate of drug-likeness (QED) is 0.633. The van der Waals surface area contributed by atoms with Crippen molar-refractivity contribution in [1.82, 2.24) is 14.3 Å².